The van der Waals surface area contributed by atoms with Crippen LogP contribution >= 0.6 is 11.3 Å². The van der Waals surface area contributed by atoms with Crippen molar-refractivity contribution in [2.24, 2.45) is 11.7 Å². The van der Waals surface area contributed by atoms with Crippen molar-refractivity contribution in [3.05, 3.63) is 45.8 Å². The summed E-state index contributed by atoms with van der Waals surface area (Å²) in [4.78, 5) is 25.7. The number of fused-ring (bicyclic) bond motifs is 1. The second-order valence-electron chi connectivity index (χ2n) is 7.37. The van der Waals surface area contributed by atoms with E-state index in [4.69, 9.17) is 10.5 Å². The first-order chi connectivity index (χ1) is 13.5. The number of benzene rings is 1. The van der Waals surface area contributed by atoms with E-state index < -0.39 is 5.91 Å². The topological polar surface area (TPSA) is 81.4 Å². The third-order valence-electron chi connectivity index (χ3n) is 5.36. The van der Waals surface area contributed by atoms with Crippen LogP contribution in [0.4, 0.5) is 5.00 Å². The van der Waals surface area contributed by atoms with Crippen LogP contribution in [0.15, 0.2) is 24.3 Å². The molecule has 2 aromatic rings. The molecule has 0 saturated heterocycles. The number of thiophene rings is 1. The molecule has 1 aliphatic carbocycles. The fourth-order valence-electron chi connectivity index (χ4n) is 3.90. The van der Waals surface area contributed by atoms with Gasteiger partial charge in [0.1, 0.15) is 10.8 Å². The Bertz CT molecular complexity index is 842. The SMILES string of the molecule is CCCC1CCc2c(sc(NC(=O)CCc3ccc(OC)cc3)c2C(N)=O)C1. The van der Waals surface area contributed by atoms with Crippen molar-refractivity contribution < 1.29 is 14.3 Å². The number of carbonyl (C=O) groups is 2. The van der Waals surface area contributed by atoms with Gasteiger partial charge in [-0.2, -0.15) is 0 Å². The van der Waals surface area contributed by atoms with Gasteiger partial charge in [0, 0.05) is 11.3 Å². The fourth-order valence-corrected chi connectivity index (χ4v) is 5.28. The van der Waals surface area contributed by atoms with Crippen LogP contribution in [0.2, 0.25) is 0 Å². The van der Waals surface area contributed by atoms with Gasteiger partial charge in [-0.15, -0.1) is 11.3 Å². The van der Waals surface area contributed by atoms with Crippen LogP contribution in [0.1, 0.15) is 59.0 Å². The summed E-state index contributed by atoms with van der Waals surface area (Å²) >= 11 is 1.53. The molecule has 3 rings (SSSR count). The fraction of sp³-hybridized carbons (Fsp3) is 0.455. The number of methoxy groups -OCH3 is 1. The Labute approximate surface area is 170 Å². The number of amides is 2. The molecule has 0 aliphatic heterocycles. The Morgan fingerprint density at radius 2 is 2.04 bits per heavy atom. The Morgan fingerprint density at radius 1 is 1.29 bits per heavy atom. The molecule has 0 saturated carbocycles. The molecule has 1 aromatic carbocycles. The second-order valence-corrected chi connectivity index (χ2v) is 8.47. The molecule has 0 fully saturated rings. The van der Waals surface area contributed by atoms with Crippen molar-refractivity contribution in [1.29, 1.82) is 0 Å². The van der Waals surface area contributed by atoms with Gasteiger partial charge in [-0.1, -0.05) is 31.9 Å². The van der Waals surface area contributed by atoms with Gasteiger partial charge in [-0.25, -0.2) is 0 Å². The molecule has 1 unspecified atom stereocenters. The maximum atomic E-state index is 12.5. The number of rotatable bonds is 8. The molecule has 0 bridgehead atoms. The zero-order valence-electron chi connectivity index (χ0n) is 16.5. The predicted molar refractivity (Wildman–Crippen MR) is 113 cm³/mol. The molecule has 1 aromatic heterocycles. The number of ether oxygens (including phenoxy) is 1. The number of aryl methyl sites for hydroxylation is 1. The second kappa shape index (κ2) is 9.24. The average Bonchev–Trinajstić information content (AvgIpc) is 3.04. The van der Waals surface area contributed by atoms with Crippen LogP contribution in [0.5, 0.6) is 5.75 Å². The van der Waals surface area contributed by atoms with Crippen molar-refractivity contribution >= 4 is 28.2 Å². The Balaban J connectivity index is 1.67. The third kappa shape index (κ3) is 4.73. The first kappa shape index (κ1) is 20.4. The van der Waals surface area contributed by atoms with Gasteiger partial charge >= 0.3 is 0 Å². The first-order valence-electron chi connectivity index (χ1n) is 9.88. The van der Waals surface area contributed by atoms with Crippen LogP contribution in [0.25, 0.3) is 0 Å². The largest absolute Gasteiger partial charge is 0.497 e. The summed E-state index contributed by atoms with van der Waals surface area (Å²) in [6.07, 6.45) is 6.29. The minimum absolute atomic E-state index is 0.0953. The number of primary amides is 1. The number of nitrogens with two attached hydrogens (primary N) is 1. The summed E-state index contributed by atoms with van der Waals surface area (Å²) in [6, 6.07) is 7.69. The van der Waals surface area contributed by atoms with Gasteiger partial charge in [0.15, 0.2) is 0 Å². The predicted octanol–water partition coefficient (Wildman–Crippen LogP) is 4.33. The lowest BCUT2D eigenvalue weighted by molar-refractivity contribution is -0.116. The zero-order valence-corrected chi connectivity index (χ0v) is 17.4. The monoisotopic (exact) mass is 400 g/mol. The summed E-state index contributed by atoms with van der Waals surface area (Å²) in [5, 5.41) is 3.56. The van der Waals surface area contributed by atoms with E-state index in [-0.39, 0.29) is 5.91 Å². The number of carbonyl (C=O) groups excluding carboxylic acids is 2. The molecule has 2 amide bonds. The van der Waals surface area contributed by atoms with E-state index in [0.717, 1.165) is 36.1 Å². The van der Waals surface area contributed by atoms with Crippen LogP contribution in [0.3, 0.4) is 0 Å². The van der Waals surface area contributed by atoms with E-state index >= 15 is 0 Å². The summed E-state index contributed by atoms with van der Waals surface area (Å²) < 4.78 is 5.15. The quantitative estimate of drug-likeness (QED) is 0.692. The van der Waals surface area contributed by atoms with Crippen LogP contribution in [-0.4, -0.2) is 18.9 Å². The summed E-state index contributed by atoms with van der Waals surface area (Å²) in [5.41, 5.74) is 8.29. The van der Waals surface area contributed by atoms with Gasteiger partial charge in [0.05, 0.1) is 12.7 Å². The van der Waals surface area contributed by atoms with Crippen molar-refractivity contribution in [2.45, 2.75) is 51.9 Å². The molecule has 3 N–H and O–H groups in total. The van der Waals surface area contributed by atoms with E-state index in [1.165, 1.54) is 29.1 Å². The summed E-state index contributed by atoms with van der Waals surface area (Å²) in [6.45, 7) is 2.20. The Morgan fingerprint density at radius 3 is 2.68 bits per heavy atom. The van der Waals surface area contributed by atoms with Crippen molar-refractivity contribution in [3.8, 4) is 5.75 Å². The van der Waals surface area contributed by atoms with Gasteiger partial charge in [-0.05, 0) is 54.9 Å². The molecule has 0 radical (unpaired) electrons. The first-order valence-corrected chi connectivity index (χ1v) is 10.7. The van der Waals surface area contributed by atoms with Crippen molar-refractivity contribution in [1.82, 2.24) is 0 Å². The van der Waals surface area contributed by atoms with Gasteiger partial charge in [-0.3, -0.25) is 9.59 Å². The number of hydrogen-bond acceptors (Lipinski definition) is 4. The Kier molecular flexibility index (Phi) is 6.73. The van der Waals surface area contributed by atoms with Crippen molar-refractivity contribution in [2.75, 3.05) is 12.4 Å². The molecule has 150 valence electrons. The average molecular weight is 401 g/mol. The smallest absolute Gasteiger partial charge is 0.251 e. The number of hydrogen-bond donors (Lipinski definition) is 2. The van der Waals surface area contributed by atoms with E-state index in [1.807, 2.05) is 24.3 Å². The Hall–Kier alpha value is -2.34. The highest BCUT2D eigenvalue weighted by molar-refractivity contribution is 7.17. The molecular weight excluding hydrogens is 372 g/mol. The van der Waals surface area contributed by atoms with E-state index in [1.54, 1.807) is 7.11 Å². The highest BCUT2D eigenvalue weighted by Crippen LogP contribution is 2.40. The van der Waals surface area contributed by atoms with Gasteiger partial charge < -0.3 is 15.8 Å². The number of anilines is 1. The van der Waals surface area contributed by atoms with Crippen LogP contribution in [-0.2, 0) is 24.1 Å². The maximum Gasteiger partial charge on any atom is 0.251 e. The third-order valence-corrected chi connectivity index (χ3v) is 6.53. The normalized spacial score (nSPS) is 15.7. The van der Waals surface area contributed by atoms with Crippen LogP contribution < -0.4 is 15.8 Å². The number of nitrogens with one attached hydrogen (secondary N) is 1. The van der Waals surface area contributed by atoms with E-state index in [0.29, 0.717) is 29.3 Å². The standard InChI is InChI=1S/C22H28N2O3S/c1-3-4-15-7-11-17-18(13-15)28-22(20(17)21(23)26)24-19(25)12-8-14-5-9-16(27-2)10-6-14/h5-6,9-10,15H,3-4,7-8,11-13H2,1-2H3,(H2,23,26)(H,24,25). The van der Waals surface area contributed by atoms with Gasteiger partial charge in [0.2, 0.25) is 5.91 Å². The molecule has 1 aliphatic rings. The molecular formula is C22H28N2O3S. The lowest BCUT2D eigenvalue weighted by atomic mass is 9.84. The molecule has 1 atom stereocenters. The van der Waals surface area contributed by atoms with Crippen LogP contribution in [0, 0.1) is 5.92 Å². The highest BCUT2D eigenvalue weighted by Gasteiger charge is 2.28. The lowest BCUT2D eigenvalue weighted by Gasteiger charge is -2.21. The molecule has 5 nitrogen and oxygen atoms in total. The van der Waals surface area contributed by atoms with Crippen molar-refractivity contribution in [3.63, 3.8) is 0 Å². The maximum absolute atomic E-state index is 12.5. The molecule has 1 heterocycles. The molecule has 6 heteroatoms. The minimum atomic E-state index is -0.447. The summed E-state index contributed by atoms with van der Waals surface area (Å²) in [5.74, 6) is 0.916. The molecule has 0 spiro atoms. The van der Waals surface area contributed by atoms with E-state index in [2.05, 4.69) is 12.2 Å². The highest BCUT2D eigenvalue weighted by atomic mass is 32.1. The molecule has 28 heavy (non-hydrogen) atoms. The summed E-state index contributed by atoms with van der Waals surface area (Å²) in [7, 11) is 1.63. The zero-order chi connectivity index (χ0) is 20.1. The van der Waals surface area contributed by atoms with E-state index in [9.17, 15) is 9.59 Å². The minimum Gasteiger partial charge on any atom is -0.497 e. The van der Waals surface area contributed by atoms with Gasteiger partial charge in [0.25, 0.3) is 5.91 Å². The lowest BCUT2D eigenvalue weighted by Crippen LogP contribution is -2.20.